The third kappa shape index (κ3) is 4.66. The molecule has 0 aliphatic heterocycles. The van der Waals surface area contributed by atoms with E-state index in [1.54, 1.807) is 14.0 Å². The number of nitro groups is 1. The number of benzene rings is 1. The maximum atomic E-state index is 12.4. The van der Waals surface area contributed by atoms with Crippen LogP contribution in [0.3, 0.4) is 0 Å². The van der Waals surface area contributed by atoms with Crippen LogP contribution in [-0.4, -0.2) is 52.0 Å². The molecule has 0 aliphatic rings. The molecule has 118 valence electrons. The number of anilines is 1. The molecule has 9 heteroatoms. The number of sulfonamides is 1. The smallest absolute Gasteiger partial charge is 0.270 e. The predicted octanol–water partition coefficient (Wildman–Crippen LogP) is 0.865. The van der Waals surface area contributed by atoms with E-state index in [-0.39, 0.29) is 16.6 Å². The SMILES string of the molecule is CNc1ccc([N+](=O)[O-])cc1S(=O)(=O)NC(C)CN(C)C. The fourth-order valence-corrected chi connectivity index (χ4v) is 3.43. The van der Waals surface area contributed by atoms with Gasteiger partial charge in [-0.1, -0.05) is 0 Å². The first-order valence-corrected chi connectivity index (χ1v) is 7.79. The van der Waals surface area contributed by atoms with Crippen molar-refractivity contribution in [2.75, 3.05) is 33.0 Å². The summed E-state index contributed by atoms with van der Waals surface area (Å²) in [4.78, 5) is 11.9. The van der Waals surface area contributed by atoms with Crippen molar-refractivity contribution in [3.05, 3.63) is 28.3 Å². The van der Waals surface area contributed by atoms with E-state index in [0.29, 0.717) is 12.2 Å². The molecule has 2 N–H and O–H groups in total. The normalized spacial score (nSPS) is 13.2. The molecule has 0 spiro atoms. The molecule has 0 heterocycles. The molecule has 0 amide bonds. The second-order valence-electron chi connectivity index (χ2n) is 4.97. The van der Waals surface area contributed by atoms with Crippen molar-refractivity contribution in [1.82, 2.24) is 9.62 Å². The summed E-state index contributed by atoms with van der Waals surface area (Å²) >= 11 is 0. The Morgan fingerprint density at radius 3 is 2.48 bits per heavy atom. The Bertz CT molecular complexity index is 616. The van der Waals surface area contributed by atoms with E-state index in [4.69, 9.17) is 0 Å². The van der Waals surface area contributed by atoms with Crippen LogP contribution in [-0.2, 0) is 10.0 Å². The summed E-state index contributed by atoms with van der Waals surface area (Å²) in [5.41, 5.74) is 0.0415. The van der Waals surface area contributed by atoms with Crippen LogP contribution in [0.4, 0.5) is 11.4 Å². The minimum absolute atomic E-state index is 0.134. The highest BCUT2D eigenvalue weighted by molar-refractivity contribution is 7.89. The van der Waals surface area contributed by atoms with Gasteiger partial charge in [0.15, 0.2) is 0 Å². The quantitative estimate of drug-likeness (QED) is 0.571. The standard InChI is InChI=1S/C12H20N4O4S/c1-9(8-15(3)4)14-21(19,20)12-7-10(16(17)18)5-6-11(12)13-2/h5-7,9,13-14H,8H2,1-4H3. The third-order valence-electron chi connectivity index (χ3n) is 2.73. The van der Waals surface area contributed by atoms with Gasteiger partial charge in [0.2, 0.25) is 10.0 Å². The first-order valence-electron chi connectivity index (χ1n) is 6.30. The summed E-state index contributed by atoms with van der Waals surface area (Å²) < 4.78 is 27.3. The molecular formula is C12H20N4O4S. The highest BCUT2D eigenvalue weighted by Crippen LogP contribution is 2.26. The molecule has 1 rings (SSSR count). The highest BCUT2D eigenvalue weighted by atomic mass is 32.2. The lowest BCUT2D eigenvalue weighted by molar-refractivity contribution is -0.385. The number of nitrogens with one attached hydrogen (secondary N) is 2. The molecule has 8 nitrogen and oxygen atoms in total. The molecule has 1 aromatic rings. The molecular weight excluding hydrogens is 296 g/mol. The van der Waals surface area contributed by atoms with Crippen LogP contribution in [0.2, 0.25) is 0 Å². The lowest BCUT2D eigenvalue weighted by Gasteiger charge is -2.19. The van der Waals surface area contributed by atoms with Gasteiger partial charge in [0.25, 0.3) is 5.69 Å². The Hall–Kier alpha value is -1.71. The van der Waals surface area contributed by atoms with Crippen LogP contribution < -0.4 is 10.0 Å². The van der Waals surface area contributed by atoms with Crippen LogP contribution in [0.25, 0.3) is 0 Å². The van der Waals surface area contributed by atoms with Crippen molar-refractivity contribution in [3.63, 3.8) is 0 Å². The van der Waals surface area contributed by atoms with Crippen LogP contribution >= 0.6 is 0 Å². The predicted molar refractivity (Wildman–Crippen MR) is 81.0 cm³/mol. The summed E-state index contributed by atoms with van der Waals surface area (Å²) in [6, 6.07) is 3.36. The summed E-state index contributed by atoms with van der Waals surface area (Å²) in [5, 5.41) is 13.5. The number of nitro benzene ring substituents is 1. The average molecular weight is 316 g/mol. The molecule has 0 saturated heterocycles. The Kier molecular flexibility index (Phi) is 5.64. The number of hydrogen-bond acceptors (Lipinski definition) is 6. The van der Waals surface area contributed by atoms with E-state index in [1.165, 1.54) is 12.1 Å². The second kappa shape index (κ2) is 6.83. The molecule has 0 fully saturated rings. The van der Waals surface area contributed by atoms with Crippen LogP contribution in [0, 0.1) is 10.1 Å². The van der Waals surface area contributed by atoms with Crippen molar-refractivity contribution >= 4 is 21.4 Å². The van der Waals surface area contributed by atoms with Crippen molar-refractivity contribution in [3.8, 4) is 0 Å². The lowest BCUT2D eigenvalue weighted by atomic mass is 10.3. The fraction of sp³-hybridized carbons (Fsp3) is 0.500. The number of hydrogen-bond donors (Lipinski definition) is 2. The van der Waals surface area contributed by atoms with Crippen LogP contribution in [0.1, 0.15) is 6.92 Å². The maximum absolute atomic E-state index is 12.4. The number of likely N-dealkylation sites (N-methyl/N-ethyl adjacent to an activating group) is 1. The second-order valence-corrected chi connectivity index (χ2v) is 6.65. The zero-order valence-corrected chi connectivity index (χ0v) is 13.3. The molecule has 0 radical (unpaired) electrons. The first kappa shape index (κ1) is 17.3. The zero-order chi connectivity index (χ0) is 16.2. The lowest BCUT2D eigenvalue weighted by Crippen LogP contribution is -2.39. The van der Waals surface area contributed by atoms with E-state index in [0.717, 1.165) is 6.07 Å². The maximum Gasteiger partial charge on any atom is 0.270 e. The summed E-state index contributed by atoms with van der Waals surface area (Å²) in [6.07, 6.45) is 0. The van der Waals surface area contributed by atoms with Gasteiger partial charge in [-0.15, -0.1) is 0 Å². The third-order valence-corrected chi connectivity index (χ3v) is 4.36. The molecule has 1 aromatic carbocycles. The number of non-ortho nitro benzene ring substituents is 1. The Morgan fingerprint density at radius 1 is 1.38 bits per heavy atom. The number of rotatable bonds is 7. The Morgan fingerprint density at radius 2 is 2.00 bits per heavy atom. The van der Waals surface area contributed by atoms with Gasteiger partial charge in [-0.25, -0.2) is 13.1 Å². The van der Waals surface area contributed by atoms with Gasteiger partial charge in [0.1, 0.15) is 4.90 Å². The van der Waals surface area contributed by atoms with Crippen molar-refractivity contribution < 1.29 is 13.3 Å². The van der Waals surface area contributed by atoms with Crippen LogP contribution in [0.15, 0.2) is 23.1 Å². The van der Waals surface area contributed by atoms with Gasteiger partial charge in [-0.05, 0) is 27.1 Å². The van der Waals surface area contributed by atoms with Crippen molar-refractivity contribution in [2.24, 2.45) is 0 Å². The molecule has 1 atom stereocenters. The van der Waals surface area contributed by atoms with E-state index in [1.807, 2.05) is 19.0 Å². The minimum Gasteiger partial charge on any atom is -0.387 e. The van der Waals surface area contributed by atoms with Gasteiger partial charge < -0.3 is 10.2 Å². The van der Waals surface area contributed by atoms with E-state index in [9.17, 15) is 18.5 Å². The monoisotopic (exact) mass is 316 g/mol. The minimum atomic E-state index is -3.85. The first-order chi connectivity index (χ1) is 9.67. The fourth-order valence-electron chi connectivity index (χ4n) is 1.97. The van der Waals surface area contributed by atoms with Gasteiger partial charge in [-0.2, -0.15) is 0 Å². The summed E-state index contributed by atoms with van der Waals surface area (Å²) in [7, 11) is 1.37. The molecule has 21 heavy (non-hydrogen) atoms. The molecule has 0 aliphatic carbocycles. The van der Waals surface area contributed by atoms with Gasteiger partial charge in [-0.3, -0.25) is 10.1 Å². The van der Waals surface area contributed by atoms with E-state index in [2.05, 4.69) is 10.0 Å². The topological polar surface area (TPSA) is 105 Å². The van der Waals surface area contributed by atoms with Crippen molar-refractivity contribution in [2.45, 2.75) is 17.9 Å². The van der Waals surface area contributed by atoms with Gasteiger partial charge >= 0.3 is 0 Å². The number of nitrogens with zero attached hydrogens (tertiary/aromatic N) is 2. The van der Waals surface area contributed by atoms with E-state index >= 15 is 0 Å². The zero-order valence-electron chi connectivity index (χ0n) is 12.5. The highest BCUT2D eigenvalue weighted by Gasteiger charge is 2.23. The molecule has 1 unspecified atom stereocenters. The Labute approximate surface area is 124 Å². The van der Waals surface area contributed by atoms with Gasteiger partial charge in [0, 0.05) is 31.8 Å². The van der Waals surface area contributed by atoms with Gasteiger partial charge in [0.05, 0.1) is 10.6 Å². The van der Waals surface area contributed by atoms with Crippen molar-refractivity contribution in [1.29, 1.82) is 0 Å². The Balaban J connectivity index is 3.17. The molecule has 0 saturated carbocycles. The largest absolute Gasteiger partial charge is 0.387 e. The van der Waals surface area contributed by atoms with Crippen LogP contribution in [0.5, 0.6) is 0 Å². The molecule has 0 aromatic heterocycles. The summed E-state index contributed by atoms with van der Waals surface area (Å²) in [5.74, 6) is 0. The molecule has 0 bridgehead atoms. The average Bonchev–Trinajstić information content (AvgIpc) is 2.36. The van der Waals surface area contributed by atoms with E-state index < -0.39 is 14.9 Å². The summed E-state index contributed by atoms with van der Waals surface area (Å²) in [6.45, 7) is 2.25.